The molecule has 2 atom stereocenters. The number of rotatable bonds is 10. The van der Waals surface area contributed by atoms with Crippen LogP contribution in [-0.4, -0.2) is 36.6 Å². The van der Waals surface area contributed by atoms with Crippen LogP contribution in [0.3, 0.4) is 0 Å². The van der Waals surface area contributed by atoms with Gasteiger partial charge in [0.2, 0.25) is 0 Å². The summed E-state index contributed by atoms with van der Waals surface area (Å²) in [4.78, 5) is 13.8. The van der Waals surface area contributed by atoms with Crippen molar-refractivity contribution in [3.63, 3.8) is 0 Å². The highest BCUT2D eigenvalue weighted by Gasteiger charge is 2.22. The summed E-state index contributed by atoms with van der Waals surface area (Å²) in [5.41, 5.74) is 3.34. The first-order chi connectivity index (χ1) is 17.1. The van der Waals surface area contributed by atoms with Gasteiger partial charge < -0.3 is 14.2 Å². The maximum atomic E-state index is 12.7. The monoisotopic (exact) mass is 491 g/mol. The van der Waals surface area contributed by atoms with Crippen molar-refractivity contribution in [3.8, 4) is 5.75 Å². The molecular weight excluding hydrogens is 458 g/mol. The SMILES string of the molecule is COCCC(CC(=O)OCc1ccccc1)c1cccc(CN2CC(C)Oc3ccccc3S2)c1. The molecule has 0 amide bonds. The molecule has 0 aromatic heterocycles. The Balaban J connectivity index is 1.42. The fourth-order valence-corrected chi connectivity index (χ4v) is 5.35. The summed E-state index contributed by atoms with van der Waals surface area (Å²) >= 11 is 1.73. The van der Waals surface area contributed by atoms with Crippen LogP contribution in [0.4, 0.5) is 0 Å². The molecule has 0 N–H and O–H groups in total. The number of carbonyl (C=O) groups excluding carboxylic acids is 1. The Kier molecular flexibility index (Phi) is 9.23. The predicted molar refractivity (Wildman–Crippen MR) is 139 cm³/mol. The average Bonchev–Trinajstić information content (AvgIpc) is 3.03. The van der Waals surface area contributed by atoms with E-state index in [9.17, 15) is 4.79 Å². The minimum absolute atomic E-state index is 0.0398. The zero-order valence-electron chi connectivity index (χ0n) is 20.4. The number of benzene rings is 3. The Labute approximate surface area is 212 Å². The maximum absolute atomic E-state index is 12.7. The lowest BCUT2D eigenvalue weighted by Crippen LogP contribution is -2.27. The molecule has 0 spiro atoms. The number of hydrogen-bond donors (Lipinski definition) is 0. The van der Waals surface area contributed by atoms with Crippen molar-refractivity contribution in [2.75, 3.05) is 20.3 Å². The van der Waals surface area contributed by atoms with Gasteiger partial charge in [0.15, 0.2) is 0 Å². The molecular formula is C29H33NO4S. The van der Waals surface area contributed by atoms with Crippen LogP contribution >= 0.6 is 11.9 Å². The molecule has 0 saturated heterocycles. The van der Waals surface area contributed by atoms with Crippen molar-refractivity contribution in [3.05, 3.63) is 95.6 Å². The van der Waals surface area contributed by atoms with Gasteiger partial charge in [0.05, 0.1) is 11.3 Å². The van der Waals surface area contributed by atoms with Gasteiger partial charge in [-0.25, -0.2) is 4.31 Å². The Morgan fingerprint density at radius 1 is 1.06 bits per heavy atom. The van der Waals surface area contributed by atoms with E-state index >= 15 is 0 Å². The average molecular weight is 492 g/mol. The van der Waals surface area contributed by atoms with Crippen LogP contribution in [0.25, 0.3) is 0 Å². The molecule has 2 unspecified atom stereocenters. The molecule has 3 aromatic carbocycles. The van der Waals surface area contributed by atoms with Crippen LogP contribution in [0.1, 0.15) is 42.4 Å². The Morgan fingerprint density at radius 3 is 2.66 bits per heavy atom. The number of methoxy groups -OCH3 is 1. The number of carbonyl (C=O) groups is 1. The molecule has 1 heterocycles. The second-order valence-corrected chi connectivity index (χ2v) is 10.0. The Bertz CT molecular complexity index is 1090. The number of nitrogens with zero attached hydrogens (tertiary/aromatic N) is 1. The van der Waals surface area contributed by atoms with Gasteiger partial charge in [0, 0.05) is 26.8 Å². The first-order valence-corrected chi connectivity index (χ1v) is 12.8. The normalized spacial score (nSPS) is 16.6. The third-order valence-electron chi connectivity index (χ3n) is 5.97. The zero-order valence-corrected chi connectivity index (χ0v) is 21.2. The maximum Gasteiger partial charge on any atom is 0.306 e. The molecule has 0 radical (unpaired) electrons. The topological polar surface area (TPSA) is 48.0 Å². The molecule has 1 aliphatic heterocycles. The number of hydrogen-bond acceptors (Lipinski definition) is 6. The highest BCUT2D eigenvalue weighted by atomic mass is 32.2. The number of fused-ring (bicyclic) bond motifs is 1. The summed E-state index contributed by atoms with van der Waals surface area (Å²) in [5, 5.41) is 0. The fourth-order valence-electron chi connectivity index (χ4n) is 4.23. The third-order valence-corrected chi connectivity index (χ3v) is 7.04. The molecule has 5 nitrogen and oxygen atoms in total. The lowest BCUT2D eigenvalue weighted by molar-refractivity contribution is -0.145. The highest BCUT2D eigenvalue weighted by Crippen LogP contribution is 2.36. The smallest absolute Gasteiger partial charge is 0.306 e. The van der Waals surface area contributed by atoms with Crippen LogP contribution in [0, 0.1) is 0 Å². The van der Waals surface area contributed by atoms with Crippen LogP contribution in [0.5, 0.6) is 5.75 Å². The molecule has 6 heteroatoms. The van der Waals surface area contributed by atoms with E-state index in [2.05, 4.69) is 41.6 Å². The Morgan fingerprint density at radius 2 is 1.83 bits per heavy atom. The largest absolute Gasteiger partial charge is 0.488 e. The lowest BCUT2D eigenvalue weighted by atomic mass is 9.91. The second-order valence-electron chi connectivity index (χ2n) is 8.86. The minimum Gasteiger partial charge on any atom is -0.488 e. The molecule has 0 bridgehead atoms. The van der Waals surface area contributed by atoms with Gasteiger partial charge in [-0.05, 0) is 60.0 Å². The first kappa shape index (κ1) is 25.3. The molecule has 0 aliphatic carbocycles. The van der Waals surface area contributed by atoms with Crippen molar-refractivity contribution in [2.24, 2.45) is 0 Å². The molecule has 184 valence electrons. The van der Waals surface area contributed by atoms with Crippen LogP contribution in [0.2, 0.25) is 0 Å². The van der Waals surface area contributed by atoms with E-state index in [1.807, 2.05) is 48.5 Å². The van der Waals surface area contributed by atoms with Crippen molar-refractivity contribution >= 4 is 17.9 Å². The van der Waals surface area contributed by atoms with Gasteiger partial charge in [0.1, 0.15) is 18.5 Å². The molecule has 4 rings (SSSR count). The summed E-state index contributed by atoms with van der Waals surface area (Å²) in [6, 6.07) is 26.5. The predicted octanol–water partition coefficient (Wildman–Crippen LogP) is 6.23. The standard InChI is InChI=1S/C29H33NO4S/c1-22-19-30(35-28-14-7-6-13-27(28)34-22)20-24-11-8-12-25(17-24)26(15-16-32-2)18-29(31)33-21-23-9-4-3-5-10-23/h3-14,17,22,26H,15-16,18-21H2,1-2H3. The van der Waals surface area contributed by atoms with Crippen molar-refractivity contribution in [2.45, 2.75) is 49.8 Å². The van der Waals surface area contributed by atoms with Crippen molar-refractivity contribution < 1.29 is 19.0 Å². The number of ether oxygens (including phenoxy) is 3. The molecule has 1 aliphatic rings. The number of esters is 1. The minimum atomic E-state index is -0.189. The van der Waals surface area contributed by atoms with E-state index in [-0.39, 0.29) is 18.0 Å². The van der Waals surface area contributed by atoms with Gasteiger partial charge in [-0.2, -0.15) is 0 Å². The quantitative estimate of drug-likeness (QED) is 0.247. The van der Waals surface area contributed by atoms with Crippen LogP contribution in [-0.2, 0) is 27.4 Å². The Hall–Kier alpha value is -2.80. The van der Waals surface area contributed by atoms with E-state index in [4.69, 9.17) is 14.2 Å². The van der Waals surface area contributed by atoms with E-state index in [0.717, 1.165) is 41.3 Å². The number of para-hydroxylation sites is 1. The third kappa shape index (κ3) is 7.59. The van der Waals surface area contributed by atoms with Crippen molar-refractivity contribution in [1.29, 1.82) is 0 Å². The fraction of sp³-hybridized carbons (Fsp3) is 0.345. The summed E-state index contributed by atoms with van der Waals surface area (Å²) in [6.45, 7) is 4.60. The highest BCUT2D eigenvalue weighted by molar-refractivity contribution is 7.97. The van der Waals surface area contributed by atoms with Gasteiger partial charge >= 0.3 is 5.97 Å². The van der Waals surface area contributed by atoms with E-state index < -0.39 is 0 Å². The summed E-state index contributed by atoms with van der Waals surface area (Å²) < 4.78 is 19.3. The molecule has 3 aromatic rings. The van der Waals surface area contributed by atoms with E-state index in [1.54, 1.807) is 19.1 Å². The second kappa shape index (κ2) is 12.8. The molecule has 0 saturated carbocycles. The summed E-state index contributed by atoms with van der Waals surface area (Å²) in [7, 11) is 1.69. The van der Waals surface area contributed by atoms with Gasteiger partial charge in [0.25, 0.3) is 0 Å². The molecule has 35 heavy (non-hydrogen) atoms. The summed E-state index contributed by atoms with van der Waals surface area (Å²) in [5.74, 6) is 0.791. The van der Waals surface area contributed by atoms with Crippen molar-refractivity contribution in [1.82, 2.24) is 4.31 Å². The first-order valence-electron chi connectivity index (χ1n) is 12.1. The van der Waals surface area contributed by atoms with Crippen LogP contribution in [0.15, 0.2) is 83.8 Å². The lowest BCUT2D eigenvalue weighted by Gasteiger charge is -2.22. The van der Waals surface area contributed by atoms with Gasteiger partial charge in [-0.15, -0.1) is 0 Å². The van der Waals surface area contributed by atoms with Crippen LogP contribution < -0.4 is 4.74 Å². The van der Waals surface area contributed by atoms with Gasteiger partial charge in [-0.1, -0.05) is 66.7 Å². The van der Waals surface area contributed by atoms with E-state index in [1.165, 1.54) is 5.56 Å². The molecule has 0 fully saturated rings. The van der Waals surface area contributed by atoms with E-state index in [0.29, 0.717) is 19.6 Å². The van der Waals surface area contributed by atoms with Gasteiger partial charge in [-0.3, -0.25) is 4.79 Å². The zero-order chi connectivity index (χ0) is 24.5. The summed E-state index contributed by atoms with van der Waals surface area (Å²) in [6.07, 6.45) is 1.19.